The maximum atomic E-state index is 10.6. The summed E-state index contributed by atoms with van der Waals surface area (Å²) in [7, 11) is 0. The Morgan fingerprint density at radius 3 is 2.55 bits per heavy atom. The van der Waals surface area contributed by atoms with E-state index >= 15 is 0 Å². The van der Waals surface area contributed by atoms with Crippen molar-refractivity contribution in [3.8, 4) is 0 Å². The monoisotopic (exact) mass is 299 g/mol. The van der Waals surface area contributed by atoms with Crippen LogP contribution >= 0.6 is 0 Å². The zero-order valence-electron chi connectivity index (χ0n) is 12.8. The lowest BCUT2D eigenvalue weighted by Gasteiger charge is -2.12. The quantitative estimate of drug-likeness (QED) is 0.679. The molecule has 6 N–H and O–H groups in total. The second kappa shape index (κ2) is 6.80. The van der Waals surface area contributed by atoms with Gasteiger partial charge >= 0.3 is 6.03 Å². The van der Waals surface area contributed by atoms with Crippen LogP contribution < -0.4 is 22.1 Å². The minimum absolute atomic E-state index is 0.503. The average molecular weight is 299 g/mol. The number of amides is 2. The Kier molecular flexibility index (Phi) is 4.83. The maximum absolute atomic E-state index is 10.6. The van der Waals surface area contributed by atoms with E-state index in [0.717, 1.165) is 34.7 Å². The first-order chi connectivity index (χ1) is 10.5. The number of benzene rings is 1. The third-order valence-electron chi connectivity index (χ3n) is 3.32. The Bertz CT molecular complexity index is 667. The summed E-state index contributed by atoms with van der Waals surface area (Å²) in [6.45, 7) is 4.35. The van der Waals surface area contributed by atoms with Crippen LogP contribution in [0, 0.1) is 13.8 Å². The number of hydrogen-bond acceptors (Lipinski definition) is 4. The molecule has 1 heterocycles. The molecule has 0 aliphatic carbocycles. The van der Waals surface area contributed by atoms with Crippen LogP contribution in [0.15, 0.2) is 30.3 Å². The van der Waals surface area contributed by atoms with Crippen molar-refractivity contribution < 1.29 is 4.79 Å². The van der Waals surface area contributed by atoms with Gasteiger partial charge in [0.15, 0.2) is 0 Å². The Morgan fingerprint density at radius 2 is 1.91 bits per heavy atom. The summed E-state index contributed by atoms with van der Waals surface area (Å²) in [6, 6.07) is 9.38. The van der Waals surface area contributed by atoms with Crippen LogP contribution in [0.2, 0.25) is 0 Å². The normalized spacial score (nSPS) is 10.3. The molecular formula is C16H21N5O. The van der Waals surface area contributed by atoms with Crippen LogP contribution in [0.1, 0.15) is 17.0 Å². The van der Waals surface area contributed by atoms with Gasteiger partial charge in [0.2, 0.25) is 0 Å². The number of carbonyl (C=O) groups excluding carboxylic acids is 1. The Hall–Kier alpha value is -2.76. The minimum atomic E-state index is -0.503. The van der Waals surface area contributed by atoms with E-state index in [4.69, 9.17) is 11.5 Å². The van der Waals surface area contributed by atoms with Crippen LogP contribution in [0.3, 0.4) is 0 Å². The molecule has 0 atom stereocenters. The Balaban J connectivity index is 2.04. The van der Waals surface area contributed by atoms with Crippen molar-refractivity contribution in [2.45, 2.75) is 20.3 Å². The van der Waals surface area contributed by atoms with E-state index in [-0.39, 0.29) is 0 Å². The third kappa shape index (κ3) is 4.12. The molecule has 0 bridgehead atoms. The molecule has 1 aromatic carbocycles. The van der Waals surface area contributed by atoms with Crippen molar-refractivity contribution in [1.29, 1.82) is 0 Å². The number of primary amides is 1. The third-order valence-corrected chi connectivity index (χ3v) is 3.32. The lowest BCUT2D eigenvalue weighted by Crippen LogP contribution is -2.30. The van der Waals surface area contributed by atoms with Gasteiger partial charge in [-0.25, -0.2) is 4.79 Å². The average Bonchev–Trinajstić information content (AvgIpc) is 2.45. The summed E-state index contributed by atoms with van der Waals surface area (Å²) in [4.78, 5) is 14.9. The summed E-state index contributed by atoms with van der Waals surface area (Å²) in [6.07, 6.45) is 0.735. The number of nitrogens with zero attached hydrogens (tertiary/aromatic N) is 1. The highest BCUT2D eigenvalue weighted by Gasteiger charge is 2.05. The van der Waals surface area contributed by atoms with Gasteiger partial charge in [0.05, 0.1) is 17.1 Å². The first-order valence-electron chi connectivity index (χ1n) is 7.08. The van der Waals surface area contributed by atoms with Gasteiger partial charge in [-0.2, -0.15) is 0 Å². The number of anilines is 3. The summed E-state index contributed by atoms with van der Waals surface area (Å²) < 4.78 is 0. The van der Waals surface area contributed by atoms with Gasteiger partial charge in [0.1, 0.15) is 0 Å². The van der Waals surface area contributed by atoms with Crippen molar-refractivity contribution in [2.75, 3.05) is 17.6 Å². The summed E-state index contributed by atoms with van der Waals surface area (Å²) in [5.74, 6) is 0. The van der Waals surface area contributed by atoms with Crippen LogP contribution in [0.25, 0.3) is 0 Å². The lowest BCUT2D eigenvalue weighted by atomic mass is 10.1. The minimum Gasteiger partial charge on any atom is -0.396 e. The molecule has 0 aliphatic rings. The topological polar surface area (TPSA) is 106 Å². The number of carbonyl (C=O) groups is 1. The molecule has 0 radical (unpaired) electrons. The first-order valence-corrected chi connectivity index (χ1v) is 7.08. The van der Waals surface area contributed by atoms with E-state index in [9.17, 15) is 4.79 Å². The van der Waals surface area contributed by atoms with E-state index in [1.165, 1.54) is 0 Å². The number of hydrogen-bond donors (Lipinski definition) is 4. The maximum Gasteiger partial charge on any atom is 0.312 e. The highest BCUT2D eigenvalue weighted by molar-refractivity contribution is 5.74. The molecule has 6 heteroatoms. The Labute approximate surface area is 129 Å². The summed E-state index contributed by atoms with van der Waals surface area (Å²) in [5.41, 5.74) is 16.4. The predicted octanol–water partition coefficient (Wildman–Crippen LogP) is 2.24. The SMILES string of the molecule is Cc1cc(Nc2ccc(CCNC(N)=O)cc2)c(N)c(C)n1. The number of aryl methyl sites for hydroxylation is 2. The molecular weight excluding hydrogens is 278 g/mol. The van der Waals surface area contributed by atoms with E-state index < -0.39 is 6.03 Å². The van der Waals surface area contributed by atoms with Crippen LogP contribution in [0.5, 0.6) is 0 Å². The van der Waals surface area contributed by atoms with Crippen LogP contribution in [-0.4, -0.2) is 17.6 Å². The van der Waals surface area contributed by atoms with Gasteiger partial charge in [-0.15, -0.1) is 0 Å². The van der Waals surface area contributed by atoms with Gasteiger partial charge < -0.3 is 22.1 Å². The number of rotatable bonds is 5. The lowest BCUT2D eigenvalue weighted by molar-refractivity contribution is 0.249. The highest BCUT2D eigenvalue weighted by atomic mass is 16.2. The first kappa shape index (κ1) is 15.6. The number of nitrogens with one attached hydrogen (secondary N) is 2. The molecule has 2 aromatic rings. The fraction of sp³-hybridized carbons (Fsp3) is 0.250. The fourth-order valence-corrected chi connectivity index (χ4v) is 2.18. The molecule has 116 valence electrons. The molecule has 0 unspecified atom stereocenters. The smallest absolute Gasteiger partial charge is 0.312 e. The Morgan fingerprint density at radius 1 is 1.23 bits per heavy atom. The van der Waals surface area contributed by atoms with Gasteiger partial charge in [0, 0.05) is 17.9 Å². The number of pyridine rings is 1. The standard InChI is InChI=1S/C16H21N5O/c1-10-9-14(15(17)11(2)20-10)21-13-5-3-12(4-6-13)7-8-19-16(18)22/h3-6,9H,7-8,17H2,1-2H3,(H,20,21)(H3,18,19,22). The van der Waals surface area contributed by atoms with E-state index in [1.54, 1.807) is 0 Å². The number of aromatic nitrogens is 1. The molecule has 0 saturated heterocycles. The fourth-order valence-electron chi connectivity index (χ4n) is 2.18. The molecule has 22 heavy (non-hydrogen) atoms. The molecule has 0 fully saturated rings. The van der Waals surface area contributed by atoms with Crippen LogP contribution in [-0.2, 0) is 6.42 Å². The largest absolute Gasteiger partial charge is 0.396 e. The van der Waals surface area contributed by atoms with Crippen molar-refractivity contribution in [3.63, 3.8) is 0 Å². The summed E-state index contributed by atoms with van der Waals surface area (Å²) in [5, 5.41) is 5.87. The molecule has 6 nitrogen and oxygen atoms in total. The van der Waals surface area contributed by atoms with E-state index in [2.05, 4.69) is 15.6 Å². The zero-order valence-corrected chi connectivity index (χ0v) is 12.8. The van der Waals surface area contributed by atoms with Crippen molar-refractivity contribution in [3.05, 3.63) is 47.3 Å². The molecule has 2 amide bonds. The molecule has 0 saturated carbocycles. The zero-order chi connectivity index (χ0) is 16.1. The molecule has 0 spiro atoms. The second-order valence-electron chi connectivity index (χ2n) is 5.17. The van der Waals surface area contributed by atoms with Crippen molar-refractivity contribution >= 4 is 23.1 Å². The highest BCUT2D eigenvalue weighted by Crippen LogP contribution is 2.26. The molecule has 1 aromatic heterocycles. The van der Waals surface area contributed by atoms with Gasteiger partial charge in [0.25, 0.3) is 0 Å². The van der Waals surface area contributed by atoms with Gasteiger partial charge in [-0.05, 0) is 44.0 Å². The number of nitrogen functional groups attached to an aromatic ring is 1. The molecule has 0 aliphatic heterocycles. The molecule has 2 rings (SSSR count). The number of urea groups is 1. The van der Waals surface area contributed by atoms with E-state index in [1.807, 2.05) is 44.2 Å². The number of nitrogens with two attached hydrogens (primary N) is 2. The van der Waals surface area contributed by atoms with E-state index in [0.29, 0.717) is 12.2 Å². The summed E-state index contributed by atoms with van der Waals surface area (Å²) >= 11 is 0. The van der Waals surface area contributed by atoms with Crippen molar-refractivity contribution in [2.24, 2.45) is 5.73 Å². The van der Waals surface area contributed by atoms with Gasteiger partial charge in [-0.1, -0.05) is 12.1 Å². The second-order valence-corrected chi connectivity index (χ2v) is 5.17. The predicted molar refractivity (Wildman–Crippen MR) is 89.1 cm³/mol. The van der Waals surface area contributed by atoms with Gasteiger partial charge in [-0.3, -0.25) is 4.98 Å². The van der Waals surface area contributed by atoms with Crippen LogP contribution in [0.4, 0.5) is 21.9 Å². The van der Waals surface area contributed by atoms with Crippen molar-refractivity contribution in [1.82, 2.24) is 10.3 Å².